The fraction of sp³-hybridized carbons (Fsp3) is 0.500. The van der Waals surface area contributed by atoms with Crippen molar-refractivity contribution in [1.82, 2.24) is 0 Å². The minimum Gasteiger partial charge on any atom is -0.383 e. The van der Waals surface area contributed by atoms with Crippen LogP contribution in [0.5, 0.6) is 0 Å². The van der Waals surface area contributed by atoms with Gasteiger partial charge in [0.2, 0.25) is 0 Å². The summed E-state index contributed by atoms with van der Waals surface area (Å²) in [6, 6.07) is 10.1. The van der Waals surface area contributed by atoms with Gasteiger partial charge in [-0.2, -0.15) is 0 Å². The van der Waals surface area contributed by atoms with E-state index in [0.29, 0.717) is 19.8 Å². The molecule has 1 rings (SSSR count). The third-order valence-corrected chi connectivity index (χ3v) is 2.27. The molecule has 90 valence electrons. The Morgan fingerprint density at radius 1 is 0.938 bits per heavy atom. The van der Waals surface area contributed by atoms with Crippen molar-refractivity contribution < 1.29 is 9.47 Å². The van der Waals surface area contributed by atoms with Gasteiger partial charge < -0.3 is 14.8 Å². The van der Waals surface area contributed by atoms with Crippen molar-refractivity contribution in [3.05, 3.63) is 30.3 Å². The van der Waals surface area contributed by atoms with E-state index in [1.54, 1.807) is 0 Å². The Morgan fingerprint density at radius 2 is 1.62 bits per heavy atom. The Kier molecular flexibility index (Phi) is 8.12. The molecule has 0 bridgehead atoms. The first-order valence-corrected chi connectivity index (χ1v) is 6.56. The number of para-hydroxylation sites is 1. The molecule has 0 aliphatic carbocycles. The van der Waals surface area contributed by atoms with Gasteiger partial charge in [-0.15, -0.1) is 0 Å². The molecule has 0 radical (unpaired) electrons. The molecule has 0 aliphatic heterocycles. The Labute approximate surface area is 105 Å². The summed E-state index contributed by atoms with van der Waals surface area (Å²) < 4.78 is 10.7. The summed E-state index contributed by atoms with van der Waals surface area (Å²) in [7, 11) is 0. The maximum Gasteiger partial charge on any atom is 0.0701 e. The third-order valence-electron chi connectivity index (χ3n) is 1.94. The molecule has 0 saturated heterocycles. The lowest BCUT2D eigenvalue weighted by Crippen LogP contribution is -2.12. The number of hydrogen-bond acceptors (Lipinski definition) is 3. The second-order valence-corrected chi connectivity index (χ2v) is 4.00. The Balaban J connectivity index is 1.89. The molecule has 3 nitrogen and oxygen atoms in total. The number of ether oxygens (including phenoxy) is 2. The molecule has 0 amide bonds. The van der Waals surface area contributed by atoms with Crippen LogP contribution < -0.4 is 5.32 Å². The van der Waals surface area contributed by atoms with Crippen LogP contribution in [0.2, 0.25) is 0 Å². The van der Waals surface area contributed by atoms with Gasteiger partial charge in [-0.05, 0) is 12.1 Å². The zero-order chi connectivity index (χ0) is 11.5. The topological polar surface area (TPSA) is 30.5 Å². The Hall–Kier alpha value is -0.580. The summed E-state index contributed by atoms with van der Waals surface area (Å²) in [5.41, 5.74) is 1.13. The highest BCUT2D eigenvalue weighted by molar-refractivity contribution is 9.09. The number of hydrogen-bond donors (Lipinski definition) is 1. The highest BCUT2D eigenvalue weighted by Crippen LogP contribution is 2.03. The molecule has 1 N–H and O–H groups in total. The lowest BCUT2D eigenvalue weighted by Gasteiger charge is -2.07. The van der Waals surface area contributed by atoms with E-state index < -0.39 is 0 Å². The predicted molar refractivity (Wildman–Crippen MR) is 70.4 cm³/mol. The van der Waals surface area contributed by atoms with Crippen molar-refractivity contribution in [2.24, 2.45) is 0 Å². The molecule has 0 fully saturated rings. The van der Waals surface area contributed by atoms with Gasteiger partial charge in [0.1, 0.15) is 0 Å². The molecule has 0 atom stereocenters. The average molecular weight is 288 g/mol. The van der Waals surface area contributed by atoms with Crippen LogP contribution in [-0.4, -0.2) is 38.3 Å². The predicted octanol–water partition coefficient (Wildman–Crippen LogP) is 2.53. The molecular formula is C12H18BrNO2. The lowest BCUT2D eigenvalue weighted by molar-refractivity contribution is 0.0583. The molecule has 1 aromatic rings. The van der Waals surface area contributed by atoms with Gasteiger partial charge in [0, 0.05) is 17.6 Å². The van der Waals surface area contributed by atoms with Gasteiger partial charge >= 0.3 is 0 Å². The molecule has 4 heteroatoms. The number of anilines is 1. The van der Waals surface area contributed by atoms with E-state index in [0.717, 1.165) is 24.2 Å². The molecule has 16 heavy (non-hydrogen) atoms. The quantitative estimate of drug-likeness (QED) is 0.559. The summed E-state index contributed by atoms with van der Waals surface area (Å²) in [4.78, 5) is 0. The first-order chi connectivity index (χ1) is 7.93. The average Bonchev–Trinajstić information content (AvgIpc) is 2.34. The maximum absolute atomic E-state index is 5.40. The Morgan fingerprint density at radius 3 is 2.31 bits per heavy atom. The van der Waals surface area contributed by atoms with Crippen molar-refractivity contribution in [3.63, 3.8) is 0 Å². The van der Waals surface area contributed by atoms with E-state index in [1.165, 1.54) is 0 Å². The van der Waals surface area contributed by atoms with Gasteiger partial charge in [-0.1, -0.05) is 34.1 Å². The van der Waals surface area contributed by atoms with Gasteiger partial charge in [-0.25, -0.2) is 0 Å². The van der Waals surface area contributed by atoms with Crippen molar-refractivity contribution in [1.29, 1.82) is 0 Å². The van der Waals surface area contributed by atoms with E-state index in [9.17, 15) is 0 Å². The largest absolute Gasteiger partial charge is 0.383 e. The fourth-order valence-electron chi connectivity index (χ4n) is 1.20. The van der Waals surface area contributed by atoms with Gasteiger partial charge in [0.05, 0.1) is 26.4 Å². The van der Waals surface area contributed by atoms with Crippen molar-refractivity contribution in [3.8, 4) is 0 Å². The molecule has 0 unspecified atom stereocenters. The minimum absolute atomic E-state index is 0.656. The summed E-state index contributed by atoms with van der Waals surface area (Å²) in [6.07, 6.45) is 0. The summed E-state index contributed by atoms with van der Waals surface area (Å²) in [5.74, 6) is 0. The first kappa shape index (κ1) is 13.5. The van der Waals surface area contributed by atoms with E-state index in [4.69, 9.17) is 9.47 Å². The number of rotatable bonds is 9. The molecule has 0 aromatic heterocycles. The van der Waals surface area contributed by atoms with E-state index in [-0.39, 0.29) is 0 Å². The standard InChI is InChI=1S/C12H18BrNO2/c13-6-8-15-10-11-16-9-7-14-12-4-2-1-3-5-12/h1-5,14H,6-11H2. The van der Waals surface area contributed by atoms with E-state index in [2.05, 4.69) is 21.2 Å². The first-order valence-electron chi connectivity index (χ1n) is 5.44. The Bertz CT molecular complexity index is 256. The van der Waals surface area contributed by atoms with Crippen LogP contribution in [0.15, 0.2) is 30.3 Å². The summed E-state index contributed by atoms with van der Waals surface area (Å²) in [6.45, 7) is 3.58. The fourth-order valence-corrected chi connectivity index (χ4v) is 1.43. The van der Waals surface area contributed by atoms with E-state index >= 15 is 0 Å². The van der Waals surface area contributed by atoms with Crippen molar-refractivity contribution in [2.45, 2.75) is 0 Å². The monoisotopic (exact) mass is 287 g/mol. The van der Waals surface area contributed by atoms with Crippen LogP contribution in [0, 0.1) is 0 Å². The SMILES string of the molecule is BrCCOCCOCCNc1ccccc1. The van der Waals surface area contributed by atoms with E-state index in [1.807, 2.05) is 30.3 Å². The maximum atomic E-state index is 5.40. The highest BCUT2D eigenvalue weighted by Gasteiger charge is 1.91. The summed E-state index contributed by atoms with van der Waals surface area (Å²) in [5, 5.41) is 4.15. The van der Waals surface area contributed by atoms with Crippen LogP contribution in [0.25, 0.3) is 0 Å². The molecule has 0 saturated carbocycles. The lowest BCUT2D eigenvalue weighted by atomic mass is 10.3. The summed E-state index contributed by atoms with van der Waals surface area (Å²) >= 11 is 3.29. The normalized spacial score (nSPS) is 10.3. The molecule has 0 aliphatic rings. The van der Waals surface area contributed by atoms with Crippen LogP contribution in [-0.2, 0) is 9.47 Å². The molecular weight excluding hydrogens is 270 g/mol. The van der Waals surface area contributed by atoms with Crippen LogP contribution in [0.4, 0.5) is 5.69 Å². The number of nitrogens with one attached hydrogen (secondary N) is 1. The van der Waals surface area contributed by atoms with Crippen molar-refractivity contribution in [2.75, 3.05) is 43.6 Å². The number of halogens is 1. The van der Waals surface area contributed by atoms with Crippen LogP contribution in [0.3, 0.4) is 0 Å². The van der Waals surface area contributed by atoms with Gasteiger partial charge in [0.15, 0.2) is 0 Å². The minimum atomic E-state index is 0.656. The molecule has 1 aromatic carbocycles. The van der Waals surface area contributed by atoms with Gasteiger partial charge in [0.25, 0.3) is 0 Å². The molecule has 0 heterocycles. The van der Waals surface area contributed by atoms with Crippen LogP contribution >= 0.6 is 15.9 Å². The number of alkyl halides is 1. The zero-order valence-corrected chi connectivity index (χ0v) is 10.9. The zero-order valence-electron chi connectivity index (χ0n) is 9.32. The smallest absolute Gasteiger partial charge is 0.0701 e. The number of benzene rings is 1. The van der Waals surface area contributed by atoms with Gasteiger partial charge in [-0.3, -0.25) is 0 Å². The van der Waals surface area contributed by atoms with Crippen LogP contribution in [0.1, 0.15) is 0 Å². The third kappa shape index (κ3) is 6.82. The molecule has 0 spiro atoms. The highest BCUT2D eigenvalue weighted by atomic mass is 79.9. The second-order valence-electron chi connectivity index (χ2n) is 3.21. The van der Waals surface area contributed by atoms with Crippen molar-refractivity contribution >= 4 is 21.6 Å². The second kappa shape index (κ2) is 9.63.